The maximum absolute atomic E-state index is 12.3. The van der Waals surface area contributed by atoms with Crippen molar-refractivity contribution in [3.8, 4) is 5.75 Å². The van der Waals surface area contributed by atoms with Gasteiger partial charge in [-0.2, -0.15) is 0 Å². The number of Topliss-reactive ketones (excluding diaryl/α,β-unsaturated/α-hetero) is 1. The Morgan fingerprint density at radius 1 is 1.42 bits per heavy atom. The van der Waals surface area contributed by atoms with E-state index in [1.807, 2.05) is 19.1 Å². The van der Waals surface area contributed by atoms with Crippen LogP contribution in [0.25, 0.3) is 0 Å². The number of rotatable bonds is 4. The maximum atomic E-state index is 12.3. The summed E-state index contributed by atoms with van der Waals surface area (Å²) in [7, 11) is 1.55. The summed E-state index contributed by atoms with van der Waals surface area (Å²) in [5.74, 6) is -0.560. The average Bonchev–Trinajstić information content (AvgIpc) is 2.41. The topological polar surface area (TPSA) is 66.4 Å². The number of carboxylic acids is 1. The summed E-state index contributed by atoms with van der Waals surface area (Å²) in [6, 6.07) is 5.55. The first kappa shape index (κ1) is 13.6. The number of hydrogen-bond donors (Lipinski definition) is 0. The number of methoxy groups -OCH3 is 1. The Bertz CT molecular complexity index is 521. The molecule has 0 aromatic heterocycles. The minimum absolute atomic E-state index is 0.0139. The zero-order chi connectivity index (χ0) is 14.0. The van der Waals surface area contributed by atoms with Crippen LogP contribution in [0.2, 0.25) is 0 Å². The summed E-state index contributed by atoms with van der Waals surface area (Å²) in [5, 5.41) is 11.0. The second kappa shape index (κ2) is 5.03. The van der Waals surface area contributed by atoms with Crippen molar-refractivity contribution >= 4 is 11.8 Å². The van der Waals surface area contributed by atoms with Gasteiger partial charge in [-0.3, -0.25) is 4.79 Å². The van der Waals surface area contributed by atoms with Crippen molar-refractivity contribution in [3.63, 3.8) is 0 Å². The van der Waals surface area contributed by atoms with Gasteiger partial charge in [0.15, 0.2) is 0 Å². The van der Waals surface area contributed by atoms with Crippen LogP contribution in [0, 0.1) is 0 Å². The number of carboxylic acid groups (broad SMARTS) is 1. The lowest BCUT2D eigenvalue weighted by Crippen LogP contribution is -2.44. The molecular formula is C15H17O4-. The number of hydrogen-bond acceptors (Lipinski definition) is 4. The lowest BCUT2D eigenvalue weighted by Gasteiger charge is -2.37. The summed E-state index contributed by atoms with van der Waals surface area (Å²) in [6.45, 7) is 1.84. The third-order valence-electron chi connectivity index (χ3n) is 4.04. The fourth-order valence-corrected chi connectivity index (χ4v) is 2.94. The monoisotopic (exact) mass is 261 g/mol. The molecule has 0 bridgehead atoms. The molecule has 0 amide bonds. The van der Waals surface area contributed by atoms with Crippen molar-refractivity contribution in [3.05, 3.63) is 29.3 Å². The SMILES string of the molecule is CCC1(CC(=O)[O-])C(=O)CCc2ccc(OC)cc21. The highest BCUT2D eigenvalue weighted by molar-refractivity contribution is 5.95. The minimum Gasteiger partial charge on any atom is -0.550 e. The van der Waals surface area contributed by atoms with E-state index >= 15 is 0 Å². The molecule has 102 valence electrons. The molecular weight excluding hydrogens is 244 g/mol. The van der Waals surface area contributed by atoms with E-state index in [9.17, 15) is 14.7 Å². The van der Waals surface area contributed by atoms with Crippen molar-refractivity contribution in [2.45, 2.75) is 38.0 Å². The first-order valence-corrected chi connectivity index (χ1v) is 6.44. The van der Waals surface area contributed by atoms with Crippen LogP contribution in [-0.2, 0) is 21.4 Å². The zero-order valence-corrected chi connectivity index (χ0v) is 11.2. The third-order valence-corrected chi connectivity index (χ3v) is 4.04. The van der Waals surface area contributed by atoms with Gasteiger partial charge in [0, 0.05) is 18.8 Å². The van der Waals surface area contributed by atoms with Crippen molar-refractivity contribution in [2.24, 2.45) is 0 Å². The lowest BCUT2D eigenvalue weighted by atomic mass is 9.65. The maximum Gasteiger partial charge on any atom is 0.144 e. The van der Waals surface area contributed by atoms with E-state index in [-0.39, 0.29) is 12.2 Å². The lowest BCUT2D eigenvalue weighted by molar-refractivity contribution is -0.307. The second-order valence-electron chi connectivity index (χ2n) is 4.93. The molecule has 19 heavy (non-hydrogen) atoms. The highest BCUT2D eigenvalue weighted by atomic mass is 16.5. The van der Waals surface area contributed by atoms with Crippen molar-refractivity contribution in [1.82, 2.24) is 0 Å². The van der Waals surface area contributed by atoms with Crippen LogP contribution >= 0.6 is 0 Å². The molecule has 0 N–H and O–H groups in total. The van der Waals surface area contributed by atoms with Gasteiger partial charge in [0.25, 0.3) is 0 Å². The van der Waals surface area contributed by atoms with Crippen molar-refractivity contribution in [2.75, 3.05) is 7.11 Å². The van der Waals surface area contributed by atoms with E-state index < -0.39 is 11.4 Å². The summed E-state index contributed by atoms with van der Waals surface area (Å²) in [5.41, 5.74) is 0.860. The van der Waals surface area contributed by atoms with Gasteiger partial charge in [-0.1, -0.05) is 13.0 Å². The largest absolute Gasteiger partial charge is 0.550 e. The molecule has 1 aromatic rings. The first-order chi connectivity index (χ1) is 9.03. The van der Waals surface area contributed by atoms with Crippen LogP contribution < -0.4 is 9.84 Å². The number of ether oxygens (including phenoxy) is 1. The van der Waals surface area contributed by atoms with Crippen LogP contribution in [-0.4, -0.2) is 18.9 Å². The van der Waals surface area contributed by atoms with Gasteiger partial charge in [0.1, 0.15) is 11.5 Å². The number of aryl methyl sites for hydroxylation is 1. The predicted octanol–water partition coefficient (Wildman–Crippen LogP) is 0.998. The molecule has 0 saturated carbocycles. The molecule has 0 radical (unpaired) electrons. The Labute approximate surface area is 112 Å². The fraction of sp³-hybridized carbons (Fsp3) is 0.467. The molecule has 2 rings (SSSR count). The molecule has 1 unspecified atom stereocenters. The highest BCUT2D eigenvalue weighted by Crippen LogP contribution is 2.41. The predicted molar refractivity (Wildman–Crippen MR) is 67.9 cm³/mol. The summed E-state index contributed by atoms with van der Waals surface area (Å²) >= 11 is 0. The standard InChI is InChI=1S/C15H18O4/c1-3-15(9-14(17)18)12-8-11(19-2)6-4-10(12)5-7-13(15)16/h4,6,8H,3,5,7,9H2,1-2H3,(H,17,18)/p-1. The molecule has 0 aliphatic heterocycles. The Balaban J connectivity index is 2.60. The molecule has 4 heteroatoms. The van der Waals surface area contributed by atoms with E-state index in [0.717, 1.165) is 11.1 Å². The van der Waals surface area contributed by atoms with Crippen LogP contribution in [0.1, 0.15) is 37.3 Å². The number of aliphatic carboxylic acids is 1. The van der Waals surface area contributed by atoms with Gasteiger partial charge in [-0.25, -0.2) is 0 Å². The molecule has 0 saturated heterocycles. The molecule has 1 atom stereocenters. The van der Waals surface area contributed by atoms with Gasteiger partial charge in [-0.15, -0.1) is 0 Å². The Kier molecular flexibility index (Phi) is 3.60. The molecule has 0 spiro atoms. The van der Waals surface area contributed by atoms with E-state index in [1.165, 1.54) is 0 Å². The van der Waals surface area contributed by atoms with Gasteiger partial charge < -0.3 is 14.6 Å². The van der Waals surface area contributed by atoms with E-state index in [4.69, 9.17) is 4.74 Å². The van der Waals surface area contributed by atoms with E-state index in [0.29, 0.717) is 25.0 Å². The van der Waals surface area contributed by atoms with Gasteiger partial charge in [0.05, 0.1) is 12.5 Å². The summed E-state index contributed by atoms with van der Waals surface area (Å²) in [4.78, 5) is 23.4. The molecule has 4 nitrogen and oxygen atoms in total. The van der Waals surface area contributed by atoms with Crippen LogP contribution in [0.5, 0.6) is 5.75 Å². The quantitative estimate of drug-likeness (QED) is 0.811. The fourth-order valence-electron chi connectivity index (χ4n) is 2.94. The molecule has 0 fully saturated rings. The third kappa shape index (κ3) is 2.23. The van der Waals surface area contributed by atoms with Gasteiger partial charge >= 0.3 is 0 Å². The molecule has 1 aliphatic rings. The minimum atomic E-state index is -1.19. The smallest absolute Gasteiger partial charge is 0.144 e. The van der Waals surface area contributed by atoms with Gasteiger partial charge in [0.2, 0.25) is 0 Å². The van der Waals surface area contributed by atoms with Crippen LogP contribution in [0.15, 0.2) is 18.2 Å². The normalized spacial score (nSPS) is 21.9. The number of benzene rings is 1. The Morgan fingerprint density at radius 3 is 2.74 bits per heavy atom. The van der Waals surface area contributed by atoms with E-state index in [2.05, 4.69) is 0 Å². The summed E-state index contributed by atoms with van der Waals surface area (Å²) < 4.78 is 5.18. The summed E-state index contributed by atoms with van der Waals surface area (Å²) in [6.07, 6.45) is 1.25. The van der Waals surface area contributed by atoms with Gasteiger partial charge in [-0.05, 0) is 36.1 Å². The Morgan fingerprint density at radius 2 is 2.16 bits per heavy atom. The number of fused-ring (bicyclic) bond motifs is 1. The zero-order valence-electron chi connectivity index (χ0n) is 11.2. The molecule has 1 aromatic carbocycles. The number of ketones is 1. The molecule has 1 aliphatic carbocycles. The Hall–Kier alpha value is -1.84. The van der Waals surface area contributed by atoms with Crippen molar-refractivity contribution < 1.29 is 19.4 Å². The number of carbonyl (C=O) groups excluding carboxylic acids is 2. The molecule has 0 heterocycles. The van der Waals surface area contributed by atoms with Crippen LogP contribution in [0.3, 0.4) is 0 Å². The highest BCUT2D eigenvalue weighted by Gasteiger charge is 2.42. The first-order valence-electron chi connectivity index (χ1n) is 6.44. The number of carbonyl (C=O) groups is 2. The second-order valence-corrected chi connectivity index (χ2v) is 4.93. The van der Waals surface area contributed by atoms with Crippen LogP contribution in [0.4, 0.5) is 0 Å². The van der Waals surface area contributed by atoms with Crippen molar-refractivity contribution in [1.29, 1.82) is 0 Å². The van der Waals surface area contributed by atoms with E-state index in [1.54, 1.807) is 13.2 Å². The average molecular weight is 261 g/mol.